The van der Waals surface area contributed by atoms with E-state index in [1.54, 1.807) is 18.5 Å². The summed E-state index contributed by atoms with van der Waals surface area (Å²) in [6, 6.07) is 7.51. The van der Waals surface area contributed by atoms with E-state index >= 15 is 0 Å². The molecular weight excluding hydrogens is 517 g/mol. The molecule has 0 radical (unpaired) electrons. The fraction of sp³-hybridized carbons (Fsp3) is 0.500. The molecule has 0 amide bonds. The number of imidazole rings is 1. The molecule has 1 aliphatic carbocycles. The molecule has 1 aromatic carbocycles. The number of likely N-dealkylation sites (tertiary alicyclic amines) is 1. The monoisotopic (exact) mass is 554 g/mol. The number of nitrogens with zero attached hydrogens (tertiary/aromatic N) is 6. The quantitative estimate of drug-likeness (QED) is 0.346. The van der Waals surface area contributed by atoms with Crippen molar-refractivity contribution < 1.29 is 13.2 Å². The summed E-state index contributed by atoms with van der Waals surface area (Å²) in [7, 11) is 1.91. The van der Waals surface area contributed by atoms with Gasteiger partial charge in [-0.2, -0.15) is 13.2 Å². The van der Waals surface area contributed by atoms with Crippen LogP contribution in [0.3, 0.4) is 0 Å². The number of hydrogen-bond acceptors (Lipinski definition) is 4. The van der Waals surface area contributed by atoms with Gasteiger partial charge >= 0.3 is 11.9 Å². The molecule has 2 aliphatic rings. The highest BCUT2D eigenvalue weighted by Gasteiger charge is 2.54. The molecule has 3 aromatic rings. The third-order valence-corrected chi connectivity index (χ3v) is 8.17. The van der Waals surface area contributed by atoms with Gasteiger partial charge in [-0.25, -0.2) is 4.79 Å². The molecule has 0 unspecified atom stereocenters. The van der Waals surface area contributed by atoms with Crippen molar-refractivity contribution in [3.63, 3.8) is 0 Å². The highest BCUT2D eigenvalue weighted by molar-refractivity contribution is 5.47. The molecule has 214 valence electrons. The van der Waals surface area contributed by atoms with Gasteiger partial charge in [0.25, 0.3) is 0 Å². The van der Waals surface area contributed by atoms with Crippen molar-refractivity contribution in [3.05, 3.63) is 82.6 Å². The van der Waals surface area contributed by atoms with Gasteiger partial charge in [0.15, 0.2) is 0 Å². The minimum Gasteiger partial charge on any atom is -0.320 e. The van der Waals surface area contributed by atoms with Crippen molar-refractivity contribution in [2.24, 2.45) is 12.5 Å². The van der Waals surface area contributed by atoms with Crippen LogP contribution in [0.2, 0.25) is 0 Å². The Morgan fingerprint density at radius 1 is 1.15 bits per heavy atom. The van der Waals surface area contributed by atoms with E-state index < -0.39 is 23.7 Å². The molecule has 0 spiro atoms. The molecule has 5 rings (SSSR count). The number of rotatable bonds is 8. The van der Waals surface area contributed by atoms with Crippen LogP contribution < -0.4 is 5.69 Å². The number of alkyl halides is 3. The van der Waals surface area contributed by atoms with Crippen LogP contribution >= 0.6 is 0 Å². The minimum absolute atomic E-state index is 0.0994. The van der Waals surface area contributed by atoms with Gasteiger partial charge in [-0.3, -0.25) is 14.0 Å². The maximum absolute atomic E-state index is 13.7. The highest BCUT2D eigenvalue weighted by atomic mass is 19.4. The summed E-state index contributed by atoms with van der Waals surface area (Å²) in [4.78, 5) is 15.9. The van der Waals surface area contributed by atoms with Gasteiger partial charge in [-0.15, -0.1) is 10.2 Å². The Balaban J connectivity index is 1.57. The number of halogens is 3. The van der Waals surface area contributed by atoms with Crippen molar-refractivity contribution in [3.8, 4) is 5.69 Å². The zero-order valence-electron chi connectivity index (χ0n) is 23.4. The summed E-state index contributed by atoms with van der Waals surface area (Å²) in [5.74, 6) is 0.836. The van der Waals surface area contributed by atoms with Crippen LogP contribution in [0.25, 0.3) is 11.9 Å². The molecule has 3 heterocycles. The molecule has 2 aromatic heterocycles. The topological polar surface area (TPSA) is 60.9 Å². The molecule has 0 bridgehead atoms. The predicted octanol–water partition coefficient (Wildman–Crippen LogP) is 5.49. The predicted molar refractivity (Wildman–Crippen MR) is 149 cm³/mol. The van der Waals surface area contributed by atoms with Crippen LogP contribution in [0.4, 0.5) is 13.2 Å². The molecule has 1 saturated carbocycles. The van der Waals surface area contributed by atoms with Crippen LogP contribution in [0, 0.1) is 5.41 Å². The second kappa shape index (κ2) is 10.5. The van der Waals surface area contributed by atoms with Crippen LogP contribution in [0.15, 0.2) is 59.8 Å². The summed E-state index contributed by atoms with van der Waals surface area (Å²) >= 11 is 0. The van der Waals surface area contributed by atoms with Gasteiger partial charge in [-0.1, -0.05) is 45.1 Å². The SMILES string of the molecule is C=C/C(=C\n1c(CC(F)(F)F)cn(-c2cccc(C3(c4nncn4C)CC(C)(C)C3)c2)c1=O)CN1CCCCC1. The van der Waals surface area contributed by atoms with Crippen LogP contribution in [0.5, 0.6) is 0 Å². The summed E-state index contributed by atoms with van der Waals surface area (Å²) < 4.78 is 45.2. The third-order valence-electron chi connectivity index (χ3n) is 8.17. The molecule has 40 heavy (non-hydrogen) atoms. The minimum atomic E-state index is -4.47. The Morgan fingerprint density at radius 3 is 2.48 bits per heavy atom. The second-order valence-electron chi connectivity index (χ2n) is 12.1. The Morgan fingerprint density at radius 2 is 1.88 bits per heavy atom. The molecule has 0 atom stereocenters. The van der Waals surface area contributed by atoms with E-state index in [9.17, 15) is 18.0 Å². The average Bonchev–Trinajstić information content (AvgIpc) is 3.44. The van der Waals surface area contributed by atoms with Gasteiger partial charge in [0.2, 0.25) is 0 Å². The summed E-state index contributed by atoms with van der Waals surface area (Å²) in [6.07, 6.45) is 5.48. The van der Waals surface area contributed by atoms with E-state index in [4.69, 9.17) is 0 Å². The maximum atomic E-state index is 13.7. The van der Waals surface area contributed by atoms with Gasteiger partial charge in [0, 0.05) is 26.0 Å². The summed E-state index contributed by atoms with van der Waals surface area (Å²) in [6.45, 7) is 10.7. The zero-order chi connectivity index (χ0) is 28.7. The molecule has 7 nitrogen and oxygen atoms in total. The lowest BCUT2D eigenvalue weighted by molar-refractivity contribution is -0.128. The average molecular weight is 555 g/mol. The van der Waals surface area contributed by atoms with Crippen molar-refractivity contribution in [1.82, 2.24) is 28.8 Å². The largest absolute Gasteiger partial charge is 0.394 e. The van der Waals surface area contributed by atoms with Gasteiger partial charge in [0.1, 0.15) is 12.2 Å². The van der Waals surface area contributed by atoms with E-state index in [1.807, 2.05) is 29.8 Å². The Labute approximate surface area is 232 Å². The van der Waals surface area contributed by atoms with E-state index in [2.05, 4.69) is 35.5 Å². The molecular formula is C30H37F3N6O. The first kappa shape index (κ1) is 28.1. The molecule has 1 aliphatic heterocycles. The van der Waals surface area contributed by atoms with Crippen LogP contribution in [0.1, 0.15) is 63.0 Å². The first-order valence-corrected chi connectivity index (χ1v) is 13.8. The van der Waals surface area contributed by atoms with E-state index in [-0.39, 0.29) is 11.1 Å². The van der Waals surface area contributed by atoms with Gasteiger partial charge in [0.05, 0.1) is 23.2 Å². The normalized spacial score (nSPS) is 19.4. The number of piperidine rings is 1. The summed E-state index contributed by atoms with van der Waals surface area (Å²) in [5, 5.41) is 8.51. The van der Waals surface area contributed by atoms with Crippen molar-refractivity contribution in [1.29, 1.82) is 0 Å². The molecule has 2 fully saturated rings. The summed E-state index contributed by atoms with van der Waals surface area (Å²) in [5.41, 5.74) is 1.23. The number of aromatic nitrogens is 5. The van der Waals surface area contributed by atoms with Crippen molar-refractivity contribution >= 4 is 6.20 Å². The maximum Gasteiger partial charge on any atom is 0.394 e. The number of benzene rings is 1. The first-order chi connectivity index (χ1) is 18.9. The van der Waals surface area contributed by atoms with Gasteiger partial charge < -0.3 is 4.57 Å². The number of aryl methyl sites for hydroxylation is 1. The zero-order valence-corrected chi connectivity index (χ0v) is 23.4. The van der Waals surface area contributed by atoms with Gasteiger partial charge in [-0.05, 0) is 67.5 Å². The van der Waals surface area contributed by atoms with Crippen LogP contribution in [-0.4, -0.2) is 54.6 Å². The highest BCUT2D eigenvalue weighted by Crippen LogP contribution is 2.58. The van der Waals surface area contributed by atoms with Crippen molar-refractivity contribution in [2.75, 3.05) is 19.6 Å². The fourth-order valence-corrected chi connectivity index (χ4v) is 6.61. The molecule has 1 saturated heterocycles. The Bertz CT molecular complexity index is 1460. The Hall–Kier alpha value is -3.40. The first-order valence-electron chi connectivity index (χ1n) is 13.8. The fourth-order valence-electron chi connectivity index (χ4n) is 6.61. The lowest BCUT2D eigenvalue weighted by Gasteiger charge is -2.52. The smallest absolute Gasteiger partial charge is 0.320 e. The number of hydrogen-bond donors (Lipinski definition) is 0. The van der Waals surface area contributed by atoms with E-state index in [0.29, 0.717) is 17.8 Å². The lowest BCUT2D eigenvalue weighted by atomic mass is 9.51. The Kier molecular flexibility index (Phi) is 7.41. The van der Waals surface area contributed by atoms with Crippen LogP contribution in [-0.2, 0) is 18.9 Å². The van der Waals surface area contributed by atoms with E-state index in [1.165, 1.54) is 23.4 Å². The lowest BCUT2D eigenvalue weighted by Crippen LogP contribution is -2.49. The second-order valence-corrected chi connectivity index (χ2v) is 12.1. The van der Waals surface area contributed by atoms with Crippen molar-refractivity contribution in [2.45, 2.75) is 64.0 Å². The molecule has 10 heteroatoms. The standard InChI is InChI=1S/C30H37F3N6O/c1-5-22(16-37-12-7-6-8-13-37)17-38-25(15-30(31,32)33)18-39(27(38)40)24-11-9-10-23(14-24)29(19-28(2,3)20-29)26-35-34-21-36(26)4/h5,9-11,14,17-18,21H,1,6-8,12-13,15-16,19-20H2,2-4H3/b22-17+. The molecule has 0 N–H and O–H groups in total. The third kappa shape index (κ3) is 5.59. The van der Waals surface area contributed by atoms with E-state index in [0.717, 1.165) is 54.7 Å².